The lowest BCUT2D eigenvalue weighted by Crippen LogP contribution is -2.42. The number of carbonyl (C=O) groups excluding carboxylic acids is 1. The second-order valence-corrected chi connectivity index (χ2v) is 3.20. The van der Waals surface area contributed by atoms with Gasteiger partial charge in [0.1, 0.15) is 13.5 Å². The first-order valence-electron chi connectivity index (χ1n) is 5.23. The van der Waals surface area contributed by atoms with E-state index in [1.807, 2.05) is 0 Å². The number of hydrogen-bond donors (Lipinski definition) is 2. The molecule has 1 saturated heterocycles. The SMILES string of the molecule is CCOC1C(OCC)N(CO)C(=O)N1CO. The Balaban J connectivity index is 2.85. The van der Waals surface area contributed by atoms with Crippen LogP contribution in [0.15, 0.2) is 0 Å². The molecule has 7 nitrogen and oxygen atoms in total. The van der Waals surface area contributed by atoms with Crippen molar-refractivity contribution < 1.29 is 24.5 Å². The highest BCUT2D eigenvalue weighted by Crippen LogP contribution is 2.23. The summed E-state index contributed by atoms with van der Waals surface area (Å²) in [6.07, 6.45) is -1.37. The van der Waals surface area contributed by atoms with Gasteiger partial charge in [-0.3, -0.25) is 9.80 Å². The molecule has 0 spiro atoms. The molecular weight excluding hydrogens is 216 g/mol. The van der Waals surface area contributed by atoms with Crippen LogP contribution in [0.3, 0.4) is 0 Å². The summed E-state index contributed by atoms with van der Waals surface area (Å²) < 4.78 is 10.7. The van der Waals surface area contributed by atoms with Crippen LogP contribution in [0.25, 0.3) is 0 Å². The van der Waals surface area contributed by atoms with Crippen molar-refractivity contribution in [3.05, 3.63) is 0 Å². The minimum atomic E-state index is -0.686. The highest BCUT2D eigenvalue weighted by atomic mass is 16.6. The van der Waals surface area contributed by atoms with E-state index in [-0.39, 0.29) is 0 Å². The molecule has 1 aliphatic heterocycles. The summed E-state index contributed by atoms with van der Waals surface area (Å²) >= 11 is 0. The maximum atomic E-state index is 11.7. The molecule has 1 fully saturated rings. The zero-order chi connectivity index (χ0) is 12.1. The van der Waals surface area contributed by atoms with Gasteiger partial charge in [0.2, 0.25) is 0 Å². The lowest BCUT2D eigenvalue weighted by Gasteiger charge is -2.25. The fourth-order valence-electron chi connectivity index (χ4n) is 1.66. The second kappa shape index (κ2) is 6.00. The van der Waals surface area contributed by atoms with E-state index in [2.05, 4.69) is 0 Å². The number of urea groups is 1. The van der Waals surface area contributed by atoms with Gasteiger partial charge in [0.25, 0.3) is 0 Å². The fourth-order valence-corrected chi connectivity index (χ4v) is 1.66. The highest BCUT2D eigenvalue weighted by molar-refractivity contribution is 5.77. The molecule has 0 aromatic heterocycles. The Kier molecular flexibility index (Phi) is 4.94. The molecule has 0 radical (unpaired) electrons. The summed E-state index contributed by atoms with van der Waals surface area (Å²) in [4.78, 5) is 13.9. The third kappa shape index (κ3) is 2.27. The molecule has 0 saturated carbocycles. The van der Waals surface area contributed by atoms with Crippen molar-refractivity contribution in [1.82, 2.24) is 9.80 Å². The molecule has 1 rings (SSSR count). The van der Waals surface area contributed by atoms with Crippen LogP contribution >= 0.6 is 0 Å². The average molecular weight is 234 g/mol. The van der Waals surface area contributed by atoms with Crippen molar-refractivity contribution in [3.8, 4) is 0 Å². The number of ether oxygens (including phenoxy) is 2. The monoisotopic (exact) mass is 234 g/mol. The minimum absolute atomic E-state index is 0.386. The van der Waals surface area contributed by atoms with E-state index < -0.39 is 31.9 Å². The zero-order valence-electron chi connectivity index (χ0n) is 9.50. The molecule has 7 heteroatoms. The maximum Gasteiger partial charge on any atom is 0.328 e. The first-order chi connectivity index (χ1) is 7.71. The van der Waals surface area contributed by atoms with Crippen LogP contribution in [-0.2, 0) is 9.47 Å². The van der Waals surface area contributed by atoms with Gasteiger partial charge in [-0.1, -0.05) is 0 Å². The van der Waals surface area contributed by atoms with E-state index >= 15 is 0 Å². The van der Waals surface area contributed by atoms with Gasteiger partial charge in [-0.15, -0.1) is 0 Å². The van der Waals surface area contributed by atoms with Crippen molar-refractivity contribution in [2.75, 3.05) is 26.7 Å². The van der Waals surface area contributed by atoms with E-state index in [4.69, 9.17) is 19.7 Å². The molecule has 0 aliphatic carbocycles. The van der Waals surface area contributed by atoms with Crippen LogP contribution < -0.4 is 0 Å². The maximum absolute atomic E-state index is 11.7. The van der Waals surface area contributed by atoms with E-state index in [1.165, 1.54) is 0 Å². The molecule has 94 valence electrons. The third-order valence-electron chi connectivity index (χ3n) is 2.33. The Bertz CT molecular complexity index is 216. The van der Waals surface area contributed by atoms with Crippen LogP contribution in [0, 0.1) is 0 Å². The third-order valence-corrected chi connectivity index (χ3v) is 2.33. The van der Waals surface area contributed by atoms with Crippen molar-refractivity contribution in [1.29, 1.82) is 0 Å². The van der Waals surface area contributed by atoms with E-state index in [9.17, 15) is 4.79 Å². The summed E-state index contributed by atoms with van der Waals surface area (Å²) in [5, 5.41) is 18.2. The standard InChI is InChI=1S/C9H18N2O5/c1-3-15-7-8(16-4-2)11(6-13)9(14)10(7)5-12/h7-8,12-13H,3-6H2,1-2H3. The Hall–Kier alpha value is -0.890. The van der Waals surface area contributed by atoms with Crippen LogP contribution in [0.4, 0.5) is 4.79 Å². The quantitative estimate of drug-likeness (QED) is 0.638. The average Bonchev–Trinajstić information content (AvgIpc) is 2.52. The Morgan fingerprint density at radius 2 is 1.44 bits per heavy atom. The summed E-state index contributed by atoms with van der Waals surface area (Å²) in [6.45, 7) is 3.40. The predicted molar refractivity (Wildman–Crippen MR) is 54.1 cm³/mol. The van der Waals surface area contributed by atoms with Gasteiger partial charge in [0, 0.05) is 13.2 Å². The van der Waals surface area contributed by atoms with Crippen LogP contribution in [-0.4, -0.2) is 65.2 Å². The first kappa shape index (κ1) is 13.2. The summed E-state index contributed by atoms with van der Waals surface area (Å²) in [7, 11) is 0. The van der Waals surface area contributed by atoms with Gasteiger partial charge in [-0.05, 0) is 13.8 Å². The highest BCUT2D eigenvalue weighted by Gasteiger charge is 2.46. The Morgan fingerprint density at radius 1 is 1.06 bits per heavy atom. The number of amides is 2. The normalized spacial score (nSPS) is 25.6. The van der Waals surface area contributed by atoms with Crippen LogP contribution in [0.2, 0.25) is 0 Å². The molecule has 1 heterocycles. The van der Waals surface area contributed by atoms with Gasteiger partial charge in [-0.2, -0.15) is 0 Å². The van der Waals surface area contributed by atoms with Crippen LogP contribution in [0.5, 0.6) is 0 Å². The smallest absolute Gasteiger partial charge is 0.328 e. The Morgan fingerprint density at radius 3 is 1.69 bits per heavy atom. The van der Waals surface area contributed by atoms with Gasteiger partial charge in [0.15, 0.2) is 12.5 Å². The number of aliphatic hydroxyl groups excluding tert-OH is 2. The molecule has 1 aliphatic rings. The fraction of sp³-hybridized carbons (Fsp3) is 0.889. The number of aliphatic hydroxyl groups is 2. The van der Waals surface area contributed by atoms with Gasteiger partial charge < -0.3 is 19.7 Å². The minimum Gasteiger partial charge on any atom is -0.376 e. The van der Waals surface area contributed by atoms with E-state index in [1.54, 1.807) is 13.8 Å². The number of rotatable bonds is 6. The second-order valence-electron chi connectivity index (χ2n) is 3.20. The van der Waals surface area contributed by atoms with Crippen molar-refractivity contribution in [3.63, 3.8) is 0 Å². The summed E-state index contributed by atoms with van der Waals surface area (Å²) in [5.41, 5.74) is 0. The van der Waals surface area contributed by atoms with E-state index in [0.29, 0.717) is 13.2 Å². The summed E-state index contributed by atoms with van der Waals surface area (Å²) in [6, 6.07) is -0.498. The predicted octanol–water partition coefficient (Wildman–Crippen LogP) is -0.651. The molecule has 0 aromatic rings. The number of carbonyl (C=O) groups is 1. The molecule has 2 unspecified atom stereocenters. The Labute approximate surface area is 94.1 Å². The van der Waals surface area contributed by atoms with Gasteiger partial charge >= 0.3 is 6.03 Å². The largest absolute Gasteiger partial charge is 0.376 e. The van der Waals surface area contributed by atoms with Crippen molar-refractivity contribution >= 4 is 6.03 Å². The molecule has 0 aromatic carbocycles. The topological polar surface area (TPSA) is 82.5 Å². The molecule has 16 heavy (non-hydrogen) atoms. The van der Waals surface area contributed by atoms with E-state index in [0.717, 1.165) is 9.80 Å². The lowest BCUT2D eigenvalue weighted by molar-refractivity contribution is -0.148. The van der Waals surface area contributed by atoms with Gasteiger partial charge in [-0.25, -0.2) is 4.79 Å². The number of nitrogens with zero attached hydrogens (tertiary/aromatic N) is 2. The molecule has 0 bridgehead atoms. The number of hydrogen-bond acceptors (Lipinski definition) is 5. The molecule has 2 atom stereocenters. The summed E-state index contributed by atoms with van der Waals surface area (Å²) in [5.74, 6) is 0. The van der Waals surface area contributed by atoms with Gasteiger partial charge in [0.05, 0.1) is 0 Å². The molecule has 2 N–H and O–H groups in total. The molecule has 2 amide bonds. The van der Waals surface area contributed by atoms with Crippen molar-refractivity contribution in [2.24, 2.45) is 0 Å². The van der Waals surface area contributed by atoms with Crippen LogP contribution in [0.1, 0.15) is 13.8 Å². The molecular formula is C9H18N2O5. The zero-order valence-corrected chi connectivity index (χ0v) is 9.50. The lowest BCUT2D eigenvalue weighted by atomic mass is 10.4. The van der Waals surface area contributed by atoms with Crippen molar-refractivity contribution in [2.45, 2.75) is 26.3 Å². The first-order valence-corrected chi connectivity index (χ1v) is 5.23.